The highest BCUT2D eigenvalue weighted by Crippen LogP contribution is 2.43. The number of aromatic carboxylic acids is 1. The highest BCUT2D eigenvalue weighted by molar-refractivity contribution is 6.14. The first-order valence-corrected chi connectivity index (χ1v) is 10.4. The van der Waals surface area contributed by atoms with Gasteiger partial charge >= 0.3 is 5.97 Å². The number of Topliss-reactive ketones (excluding diaryl/α,β-unsaturated/α-hetero) is 1. The quantitative estimate of drug-likeness (QED) is 0.483. The molecule has 4 aromatic rings. The second-order valence-electron chi connectivity index (χ2n) is 7.81. The van der Waals surface area contributed by atoms with Crippen LogP contribution in [0.4, 0.5) is 5.69 Å². The Labute approximate surface area is 185 Å². The molecule has 3 aromatic carbocycles. The Hall–Kier alpha value is -4.19. The zero-order chi connectivity index (χ0) is 22.1. The first-order valence-electron chi connectivity index (χ1n) is 10.4. The van der Waals surface area contributed by atoms with Crippen molar-refractivity contribution in [1.29, 1.82) is 0 Å². The van der Waals surface area contributed by atoms with E-state index >= 15 is 0 Å². The predicted octanol–water partition coefficient (Wildman–Crippen LogP) is 4.76. The summed E-state index contributed by atoms with van der Waals surface area (Å²) in [7, 11) is 0. The molecule has 2 heterocycles. The van der Waals surface area contributed by atoms with Crippen molar-refractivity contribution in [3.8, 4) is 0 Å². The van der Waals surface area contributed by atoms with Crippen molar-refractivity contribution in [2.24, 2.45) is 0 Å². The lowest BCUT2D eigenvalue weighted by molar-refractivity contribution is 0.0690. The van der Waals surface area contributed by atoms with E-state index in [0.717, 1.165) is 11.1 Å². The minimum Gasteiger partial charge on any atom is -0.478 e. The number of hydrogen-bond donors (Lipinski definition) is 2. The maximum Gasteiger partial charge on any atom is 0.336 e. The highest BCUT2D eigenvalue weighted by atomic mass is 16.4. The van der Waals surface area contributed by atoms with Crippen LogP contribution in [-0.4, -0.2) is 26.4 Å². The van der Waals surface area contributed by atoms with Crippen molar-refractivity contribution < 1.29 is 14.7 Å². The maximum atomic E-state index is 13.9. The topological polar surface area (TPSA) is 84.2 Å². The number of imidazole rings is 1. The van der Waals surface area contributed by atoms with Crippen LogP contribution in [0.15, 0.2) is 91.3 Å². The average Bonchev–Trinajstić information content (AvgIpc) is 3.27. The zero-order valence-corrected chi connectivity index (χ0v) is 17.2. The minimum absolute atomic E-state index is 0.00215. The number of carboxylic acid groups (broad SMARTS) is 1. The Morgan fingerprint density at radius 2 is 1.69 bits per heavy atom. The Morgan fingerprint density at radius 1 is 0.969 bits per heavy atom. The normalized spacial score (nSPS) is 17.4. The van der Waals surface area contributed by atoms with Gasteiger partial charge in [0, 0.05) is 24.6 Å². The van der Waals surface area contributed by atoms with Crippen LogP contribution in [0.3, 0.4) is 0 Å². The van der Waals surface area contributed by atoms with Gasteiger partial charge in [0.2, 0.25) is 0 Å². The molecule has 2 N–H and O–H groups in total. The highest BCUT2D eigenvalue weighted by Gasteiger charge is 2.41. The van der Waals surface area contributed by atoms with Crippen molar-refractivity contribution in [2.75, 3.05) is 5.32 Å². The van der Waals surface area contributed by atoms with Gasteiger partial charge in [-0.15, -0.1) is 0 Å². The third-order valence-electron chi connectivity index (χ3n) is 5.85. The molecule has 0 saturated carbocycles. The van der Waals surface area contributed by atoms with Gasteiger partial charge in [-0.2, -0.15) is 0 Å². The lowest BCUT2D eigenvalue weighted by atomic mass is 9.80. The fourth-order valence-electron chi connectivity index (χ4n) is 4.39. The first-order chi connectivity index (χ1) is 15.6. The second kappa shape index (κ2) is 8.15. The van der Waals surface area contributed by atoms with E-state index < -0.39 is 11.9 Å². The number of aromatic nitrogens is 2. The largest absolute Gasteiger partial charge is 0.478 e. The van der Waals surface area contributed by atoms with Crippen LogP contribution in [0, 0.1) is 0 Å². The summed E-state index contributed by atoms with van der Waals surface area (Å²) in [5.74, 6) is -1.44. The standard InChI is InChI=1S/C26H21N3O3/c30-24-21-19(26(31)32)12-7-13-20(21)28-23(18-10-5-2-6-11-18)22(24)25-27-14-15-29(25)16-17-8-3-1-4-9-17/h1-15,22-23,28H,16H2,(H,31,32). The number of carbonyl (C=O) groups is 2. The number of hydrogen-bond acceptors (Lipinski definition) is 4. The number of nitrogens with zero attached hydrogens (tertiary/aromatic N) is 2. The molecule has 0 spiro atoms. The van der Waals surface area contributed by atoms with E-state index in [1.165, 1.54) is 6.07 Å². The van der Waals surface area contributed by atoms with Gasteiger partial charge in [-0.05, 0) is 23.3 Å². The molecule has 1 aliphatic heterocycles. The summed E-state index contributed by atoms with van der Waals surface area (Å²) in [6, 6.07) is 24.2. The molecule has 0 bridgehead atoms. The number of ketones is 1. The van der Waals surface area contributed by atoms with Gasteiger partial charge in [-0.3, -0.25) is 4.79 Å². The minimum atomic E-state index is -1.12. The van der Waals surface area contributed by atoms with Crippen LogP contribution in [0.25, 0.3) is 0 Å². The summed E-state index contributed by atoms with van der Waals surface area (Å²) in [6.45, 7) is 0.564. The van der Waals surface area contributed by atoms with Gasteiger partial charge < -0.3 is 15.0 Å². The SMILES string of the molecule is O=C(O)c1cccc2c1C(=O)C(c1nccn1Cc1ccccc1)C(c1ccccc1)N2. The number of anilines is 1. The first kappa shape index (κ1) is 19.8. The van der Waals surface area contributed by atoms with Crippen molar-refractivity contribution in [3.63, 3.8) is 0 Å². The molecule has 32 heavy (non-hydrogen) atoms. The third kappa shape index (κ3) is 3.46. The van der Waals surface area contributed by atoms with Crippen LogP contribution in [0.1, 0.15) is 49.6 Å². The van der Waals surface area contributed by atoms with E-state index in [2.05, 4.69) is 10.3 Å². The van der Waals surface area contributed by atoms with Gasteiger partial charge in [0.05, 0.1) is 17.2 Å². The van der Waals surface area contributed by atoms with Crippen molar-refractivity contribution in [3.05, 3.63) is 119 Å². The van der Waals surface area contributed by atoms with E-state index in [9.17, 15) is 14.7 Å². The zero-order valence-electron chi connectivity index (χ0n) is 17.2. The van der Waals surface area contributed by atoms with Crippen LogP contribution in [0.5, 0.6) is 0 Å². The molecule has 1 aromatic heterocycles. The second-order valence-corrected chi connectivity index (χ2v) is 7.81. The number of carbonyl (C=O) groups excluding carboxylic acids is 1. The molecule has 0 fully saturated rings. The Bertz CT molecular complexity index is 1280. The number of nitrogens with one attached hydrogen (secondary N) is 1. The van der Waals surface area contributed by atoms with Gasteiger partial charge in [0.1, 0.15) is 11.7 Å². The van der Waals surface area contributed by atoms with E-state index in [0.29, 0.717) is 18.1 Å². The molecule has 5 rings (SSSR count). The summed E-state index contributed by atoms with van der Waals surface area (Å²) in [6.07, 6.45) is 3.54. The fourth-order valence-corrected chi connectivity index (χ4v) is 4.39. The van der Waals surface area contributed by atoms with E-state index in [-0.39, 0.29) is 23.0 Å². The van der Waals surface area contributed by atoms with E-state index in [1.54, 1.807) is 18.3 Å². The lowest BCUT2D eigenvalue weighted by Gasteiger charge is -2.34. The summed E-state index contributed by atoms with van der Waals surface area (Å²) < 4.78 is 1.96. The third-order valence-corrected chi connectivity index (χ3v) is 5.85. The van der Waals surface area contributed by atoms with Gasteiger partial charge in [-0.1, -0.05) is 66.7 Å². The van der Waals surface area contributed by atoms with Crippen LogP contribution in [-0.2, 0) is 6.54 Å². The number of benzene rings is 3. The molecule has 1 aliphatic rings. The molecule has 6 nitrogen and oxygen atoms in total. The number of rotatable bonds is 5. The summed E-state index contributed by atoms with van der Waals surface area (Å²) >= 11 is 0. The lowest BCUT2D eigenvalue weighted by Crippen LogP contribution is -2.35. The number of fused-ring (bicyclic) bond motifs is 1. The molecule has 158 valence electrons. The fraction of sp³-hybridized carbons (Fsp3) is 0.115. The van der Waals surface area contributed by atoms with Gasteiger partial charge in [0.25, 0.3) is 0 Å². The van der Waals surface area contributed by atoms with Gasteiger partial charge in [-0.25, -0.2) is 9.78 Å². The van der Waals surface area contributed by atoms with Crippen LogP contribution < -0.4 is 5.32 Å². The van der Waals surface area contributed by atoms with Crippen molar-refractivity contribution in [1.82, 2.24) is 9.55 Å². The van der Waals surface area contributed by atoms with Crippen LogP contribution in [0.2, 0.25) is 0 Å². The molecule has 0 amide bonds. The molecule has 0 saturated heterocycles. The average molecular weight is 423 g/mol. The Morgan fingerprint density at radius 3 is 2.41 bits per heavy atom. The monoisotopic (exact) mass is 423 g/mol. The smallest absolute Gasteiger partial charge is 0.336 e. The molecule has 0 aliphatic carbocycles. The molecule has 2 unspecified atom stereocenters. The molecular weight excluding hydrogens is 402 g/mol. The van der Waals surface area contributed by atoms with Crippen LogP contribution >= 0.6 is 0 Å². The maximum absolute atomic E-state index is 13.9. The van der Waals surface area contributed by atoms with Gasteiger partial charge in [0.15, 0.2) is 5.78 Å². The molecule has 6 heteroatoms. The van der Waals surface area contributed by atoms with Crippen molar-refractivity contribution in [2.45, 2.75) is 18.5 Å². The molecular formula is C26H21N3O3. The van der Waals surface area contributed by atoms with Crippen molar-refractivity contribution >= 4 is 17.4 Å². The Balaban J connectivity index is 1.65. The summed E-state index contributed by atoms with van der Waals surface area (Å²) in [4.78, 5) is 30.3. The summed E-state index contributed by atoms with van der Waals surface area (Å²) in [5, 5.41) is 13.1. The predicted molar refractivity (Wildman–Crippen MR) is 121 cm³/mol. The molecule has 2 atom stereocenters. The van der Waals surface area contributed by atoms with E-state index in [1.807, 2.05) is 71.4 Å². The van der Waals surface area contributed by atoms with E-state index in [4.69, 9.17) is 0 Å². The molecule has 0 radical (unpaired) electrons. The Kier molecular flexibility index (Phi) is 5.03. The summed E-state index contributed by atoms with van der Waals surface area (Å²) in [5.41, 5.74) is 2.75. The number of carboxylic acids is 1.